The molecule has 2 aliphatic heterocycles. The number of hydrogen-bond donors (Lipinski definition) is 0. The van der Waals surface area contributed by atoms with Gasteiger partial charge >= 0.3 is 0 Å². The summed E-state index contributed by atoms with van der Waals surface area (Å²) in [4.78, 5) is 31.9. The van der Waals surface area contributed by atoms with Gasteiger partial charge < -0.3 is 18.9 Å². The molecule has 10 nitrogen and oxygen atoms in total. The number of hydrogen-bond acceptors (Lipinski definition) is 10. The minimum atomic E-state index is -1.52. The van der Waals surface area contributed by atoms with Gasteiger partial charge in [-0.1, -0.05) is 72.8 Å². The first-order valence-corrected chi connectivity index (χ1v) is 17.3. The van der Waals surface area contributed by atoms with Gasteiger partial charge in [0.2, 0.25) is 11.3 Å². The minimum absolute atomic E-state index is 0.560. The Morgan fingerprint density at radius 1 is 0.370 bits per heavy atom. The second-order valence-electron chi connectivity index (χ2n) is 12.5. The monoisotopic (exact) mass is 712 g/mol. The summed E-state index contributed by atoms with van der Waals surface area (Å²) in [5.74, 6) is 2.32. The van der Waals surface area contributed by atoms with E-state index in [9.17, 15) is 0 Å². The number of ether oxygens (including phenoxy) is 4. The van der Waals surface area contributed by atoms with Gasteiger partial charge in [-0.05, 0) is 48.5 Å². The zero-order valence-corrected chi connectivity index (χ0v) is 30.2. The highest BCUT2D eigenvalue weighted by atomic mass is 16.5. The normalized spacial score (nSPS) is 19.0. The summed E-state index contributed by atoms with van der Waals surface area (Å²) < 4.78 is 22.7. The van der Waals surface area contributed by atoms with Gasteiger partial charge in [0.1, 0.15) is 0 Å². The fourth-order valence-electron chi connectivity index (χ4n) is 6.98. The Balaban J connectivity index is 1.51. The molecular formula is C44H36N6O4. The Hall–Kier alpha value is -6.94. The second-order valence-corrected chi connectivity index (χ2v) is 12.5. The van der Waals surface area contributed by atoms with Crippen molar-refractivity contribution in [3.63, 3.8) is 0 Å². The molecule has 266 valence electrons. The van der Waals surface area contributed by atoms with Crippen LogP contribution in [-0.2, 0) is 11.3 Å². The minimum Gasteiger partial charge on any atom is -0.493 e. The summed E-state index contributed by atoms with van der Waals surface area (Å²) in [5, 5.41) is 0. The van der Waals surface area contributed by atoms with E-state index in [0.717, 1.165) is 22.3 Å². The van der Waals surface area contributed by atoms with E-state index in [1.165, 1.54) is 0 Å². The average Bonchev–Trinajstić information content (AvgIpc) is 3.87. The van der Waals surface area contributed by atoms with E-state index in [1.807, 2.05) is 121 Å². The van der Waals surface area contributed by atoms with E-state index >= 15 is 0 Å². The summed E-state index contributed by atoms with van der Waals surface area (Å²) in [6.45, 7) is 0. The van der Waals surface area contributed by atoms with Gasteiger partial charge in [-0.15, -0.1) is 0 Å². The van der Waals surface area contributed by atoms with Crippen molar-refractivity contribution in [2.24, 2.45) is 20.0 Å². The maximum atomic E-state index is 5.76. The van der Waals surface area contributed by atoms with Crippen LogP contribution in [0.25, 0.3) is 0 Å². The molecule has 4 heterocycles. The number of benzene rings is 4. The van der Waals surface area contributed by atoms with Crippen LogP contribution < -0.4 is 18.9 Å². The van der Waals surface area contributed by atoms with E-state index < -0.39 is 11.3 Å². The summed E-state index contributed by atoms with van der Waals surface area (Å²) in [6.07, 6.45) is 7.03. The quantitative estimate of drug-likeness (QED) is 0.138. The lowest BCUT2D eigenvalue weighted by molar-refractivity contribution is 0.256. The molecule has 0 saturated carbocycles. The number of aromatic nitrogens is 2. The van der Waals surface area contributed by atoms with Crippen molar-refractivity contribution in [1.82, 2.24) is 9.97 Å². The highest BCUT2D eigenvalue weighted by Gasteiger charge is 2.60. The third kappa shape index (κ3) is 5.68. The first-order valence-electron chi connectivity index (χ1n) is 17.3. The van der Waals surface area contributed by atoms with Gasteiger partial charge in [0.05, 0.1) is 51.3 Å². The summed E-state index contributed by atoms with van der Waals surface area (Å²) in [6, 6.07) is 39.2. The van der Waals surface area contributed by atoms with Gasteiger partial charge in [-0.25, -0.2) is 20.0 Å². The molecule has 4 aromatic carbocycles. The zero-order valence-electron chi connectivity index (χ0n) is 30.2. The topological polar surface area (TPSA) is 112 Å². The molecule has 0 N–H and O–H groups in total. The van der Waals surface area contributed by atoms with Crippen molar-refractivity contribution in [2.45, 2.75) is 11.3 Å². The Kier molecular flexibility index (Phi) is 9.00. The summed E-state index contributed by atoms with van der Waals surface area (Å²) in [5.41, 5.74) is 4.18. The molecule has 2 aromatic heterocycles. The van der Waals surface area contributed by atoms with E-state index in [0.29, 0.717) is 57.0 Å². The molecule has 0 fully saturated rings. The Morgan fingerprint density at radius 3 is 1.07 bits per heavy atom. The maximum Gasteiger partial charge on any atom is 0.227 e. The molecule has 0 radical (unpaired) electrons. The highest BCUT2D eigenvalue weighted by molar-refractivity contribution is 6.56. The Bertz CT molecular complexity index is 2260. The number of nitrogens with zero attached hydrogens (tertiary/aromatic N) is 6. The fraction of sp³-hybridized carbons (Fsp3) is 0.136. The van der Waals surface area contributed by atoms with Crippen LogP contribution >= 0.6 is 0 Å². The molecule has 0 spiro atoms. The number of rotatable bonds is 11. The van der Waals surface area contributed by atoms with Crippen molar-refractivity contribution in [2.75, 3.05) is 28.4 Å². The maximum absolute atomic E-state index is 5.76. The molecule has 10 heteroatoms. The van der Waals surface area contributed by atoms with Crippen LogP contribution in [0.3, 0.4) is 0 Å². The molecule has 0 saturated heterocycles. The van der Waals surface area contributed by atoms with Crippen LogP contribution in [0.5, 0.6) is 23.0 Å². The third-order valence-corrected chi connectivity index (χ3v) is 9.57. The molecular weight excluding hydrogens is 677 g/mol. The van der Waals surface area contributed by atoms with Crippen LogP contribution in [0.1, 0.15) is 33.4 Å². The van der Waals surface area contributed by atoms with Crippen molar-refractivity contribution >= 4 is 22.8 Å². The van der Waals surface area contributed by atoms with Crippen LogP contribution in [0.15, 0.2) is 166 Å². The number of methoxy groups -OCH3 is 4. The molecule has 54 heavy (non-hydrogen) atoms. The lowest BCUT2D eigenvalue weighted by Crippen LogP contribution is -2.43. The Morgan fingerprint density at radius 2 is 0.741 bits per heavy atom. The molecule has 0 amide bonds. The van der Waals surface area contributed by atoms with Gasteiger partial charge in [0, 0.05) is 58.2 Å². The van der Waals surface area contributed by atoms with Crippen LogP contribution in [0.4, 0.5) is 0 Å². The van der Waals surface area contributed by atoms with Crippen molar-refractivity contribution in [3.05, 3.63) is 179 Å². The van der Waals surface area contributed by atoms with Gasteiger partial charge in [-0.2, -0.15) is 0 Å². The third-order valence-electron chi connectivity index (χ3n) is 9.57. The lowest BCUT2D eigenvalue weighted by atomic mass is 9.83. The summed E-state index contributed by atoms with van der Waals surface area (Å²) >= 11 is 0. The SMILES string of the molecule is COc1ccc(C2=NC(c3cccnc3)(C3(c4cccnc4)N=C(c4ccccc4)C(c4ccc(OC)c(OC)c4)=N3)N=C2c2ccccc2)cc1OC. The lowest BCUT2D eigenvalue weighted by Gasteiger charge is -2.37. The van der Waals surface area contributed by atoms with Crippen molar-refractivity contribution < 1.29 is 18.9 Å². The zero-order chi connectivity index (χ0) is 37.1. The first kappa shape index (κ1) is 34.2. The summed E-state index contributed by atoms with van der Waals surface area (Å²) in [7, 11) is 6.46. The van der Waals surface area contributed by atoms with Crippen LogP contribution in [-0.4, -0.2) is 61.3 Å². The van der Waals surface area contributed by atoms with E-state index in [1.54, 1.807) is 53.2 Å². The average molecular weight is 713 g/mol. The predicted molar refractivity (Wildman–Crippen MR) is 210 cm³/mol. The second kappa shape index (κ2) is 14.2. The van der Waals surface area contributed by atoms with E-state index in [2.05, 4.69) is 9.97 Å². The van der Waals surface area contributed by atoms with E-state index in [4.69, 9.17) is 38.9 Å². The Labute approximate surface area is 313 Å². The first-order chi connectivity index (χ1) is 26.5. The number of aliphatic imine (C=N–C) groups is 4. The molecule has 6 aromatic rings. The van der Waals surface area contributed by atoms with Gasteiger partial charge in [-0.3, -0.25) is 9.97 Å². The van der Waals surface area contributed by atoms with E-state index in [-0.39, 0.29) is 0 Å². The highest BCUT2D eigenvalue weighted by Crippen LogP contribution is 2.54. The molecule has 0 bridgehead atoms. The standard InChI is InChI=1S/C44H36N6O4/c1-51-35-21-19-31(25-37(35)53-3)41-39(29-13-7-5-8-14-29)47-43(49-41,33-17-11-23-45-27-33)44(34-18-12-24-46-28-34)48-40(30-15-9-6-10-16-30)42(50-44)32-20-22-36(52-2)38(26-32)54-4/h5-28H,1-4H3. The van der Waals surface area contributed by atoms with Gasteiger partial charge in [0.25, 0.3) is 0 Å². The van der Waals surface area contributed by atoms with Gasteiger partial charge in [0.15, 0.2) is 23.0 Å². The molecule has 2 unspecified atom stereocenters. The fourth-order valence-corrected chi connectivity index (χ4v) is 6.98. The molecule has 2 aliphatic rings. The number of pyridine rings is 2. The van der Waals surface area contributed by atoms with Crippen molar-refractivity contribution in [3.8, 4) is 23.0 Å². The molecule has 2 atom stereocenters. The molecule has 8 rings (SSSR count). The van der Waals surface area contributed by atoms with Crippen LogP contribution in [0, 0.1) is 0 Å². The predicted octanol–water partition coefficient (Wildman–Crippen LogP) is 7.50. The largest absolute Gasteiger partial charge is 0.493 e. The van der Waals surface area contributed by atoms with Crippen molar-refractivity contribution in [1.29, 1.82) is 0 Å². The molecule has 0 aliphatic carbocycles. The smallest absolute Gasteiger partial charge is 0.227 e. The van der Waals surface area contributed by atoms with Crippen LogP contribution in [0.2, 0.25) is 0 Å².